The summed E-state index contributed by atoms with van der Waals surface area (Å²) in [5.41, 5.74) is 11.1. The summed E-state index contributed by atoms with van der Waals surface area (Å²) in [7, 11) is 0. The molecule has 0 spiro atoms. The molecular weight excluding hydrogens is 506 g/mol. The molecule has 1 aromatic heterocycles. The Morgan fingerprint density at radius 3 is 1.95 bits per heavy atom. The number of pyridine rings is 1. The lowest BCUT2D eigenvalue weighted by atomic mass is 9.85. The van der Waals surface area contributed by atoms with E-state index < -0.39 is 0 Å². The van der Waals surface area contributed by atoms with Gasteiger partial charge in [0.15, 0.2) is 0 Å². The normalized spacial score (nSPS) is 12.0. The lowest BCUT2D eigenvalue weighted by Gasteiger charge is -2.19. The van der Waals surface area contributed by atoms with Crippen LogP contribution < -0.4 is 0 Å². The van der Waals surface area contributed by atoms with Gasteiger partial charge in [0.05, 0.1) is 11.4 Å². The zero-order chi connectivity index (χ0) is 29.1. The highest BCUT2D eigenvalue weighted by atomic mass is 14.7. The Hall–Kier alpha value is -5.27. The van der Waals surface area contributed by atoms with E-state index in [9.17, 15) is 0 Å². The monoisotopic (exact) mass is 539 g/mol. The first-order valence-electron chi connectivity index (χ1n) is 14.3. The molecule has 0 bridgehead atoms. The van der Waals surface area contributed by atoms with E-state index in [1.807, 2.05) is 24.3 Å². The van der Waals surface area contributed by atoms with E-state index >= 15 is 0 Å². The second kappa shape index (κ2) is 11.7. The number of aromatic nitrogens is 1. The molecule has 0 unspecified atom stereocenters. The smallest absolute Gasteiger partial charge is 0.0784 e. The van der Waals surface area contributed by atoms with Crippen LogP contribution in [0.3, 0.4) is 0 Å². The molecule has 1 heterocycles. The zero-order valence-corrected chi connectivity index (χ0v) is 24.1. The van der Waals surface area contributed by atoms with Gasteiger partial charge in [-0.2, -0.15) is 0 Å². The summed E-state index contributed by atoms with van der Waals surface area (Å²) in [5.74, 6) is 0. The van der Waals surface area contributed by atoms with Gasteiger partial charge < -0.3 is 0 Å². The Labute approximate surface area is 248 Å². The van der Waals surface area contributed by atoms with Crippen LogP contribution in [0.2, 0.25) is 0 Å². The maximum absolute atomic E-state index is 5.27. The molecule has 5 aromatic carbocycles. The molecule has 6 aromatic rings. The van der Waals surface area contributed by atoms with E-state index in [0.29, 0.717) is 0 Å². The number of allylic oxidation sites excluding steroid dienone is 6. The van der Waals surface area contributed by atoms with Gasteiger partial charge in [0.1, 0.15) is 0 Å². The first-order chi connectivity index (χ1) is 20.6. The van der Waals surface area contributed by atoms with Crippen LogP contribution in [-0.4, -0.2) is 4.98 Å². The summed E-state index contributed by atoms with van der Waals surface area (Å²) in [6.07, 6.45) is 7.98. The minimum Gasteiger partial charge on any atom is -0.247 e. The molecule has 42 heavy (non-hydrogen) atoms. The summed E-state index contributed by atoms with van der Waals surface area (Å²) < 4.78 is 0. The fraction of sp³-hybridized carbons (Fsp3) is 0.0488. The first-order valence-corrected chi connectivity index (χ1v) is 14.3. The third-order valence-corrected chi connectivity index (χ3v) is 7.94. The molecule has 1 nitrogen and oxygen atoms in total. The lowest BCUT2D eigenvalue weighted by Crippen LogP contribution is -1.96. The van der Waals surface area contributed by atoms with Crippen molar-refractivity contribution >= 4 is 32.7 Å². The minimum atomic E-state index is 0.937. The number of fused-ring (bicyclic) bond motifs is 2. The molecule has 0 aliphatic rings. The van der Waals surface area contributed by atoms with Gasteiger partial charge in [-0.25, -0.2) is 4.98 Å². The first kappa shape index (κ1) is 26.9. The van der Waals surface area contributed by atoms with E-state index in [0.717, 1.165) is 39.2 Å². The van der Waals surface area contributed by atoms with Gasteiger partial charge >= 0.3 is 0 Å². The van der Waals surface area contributed by atoms with Crippen molar-refractivity contribution in [3.63, 3.8) is 0 Å². The van der Waals surface area contributed by atoms with Crippen molar-refractivity contribution in [3.8, 4) is 33.6 Å². The van der Waals surface area contributed by atoms with E-state index in [2.05, 4.69) is 142 Å². The van der Waals surface area contributed by atoms with E-state index in [1.165, 1.54) is 38.2 Å². The average molecular weight is 540 g/mol. The van der Waals surface area contributed by atoms with Crippen molar-refractivity contribution in [1.82, 2.24) is 4.98 Å². The number of hydrogen-bond donors (Lipinski definition) is 0. The third kappa shape index (κ3) is 4.80. The Morgan fingerprint density at radius 2 is 1.29 bits per heavy atom. The van der Waals surface area contributed by atoms with Crippen molar-refractivity contribution in [2.24, 2.45) is 0 Å². The molecule has 0 aliphatic heterocycles. The zero-order valence-electron chi connectivity index (χ0n) is 24.1. The van der Waals surface area contributed by atoms with Gasteiger partial charge in [0.25, 0.3) is 0 Å². The molecule has 0 amide bonds. The van der Waals surface area contributed by atoms with Crippen molar-refractivity contribution < 1.29 is 0 Å². The SMILES string of the molecule is C=C/C=C(\C)c1ccc(-c2ccc3c(-c4ccccc4)c4ccccc4c(/C(C=C)=C/C)c3c2)nc1-c1ccccc1. The summed E-state index contributed by atoms with van der Waals surface area (Å²) in [5, 5.41) is 4.85. The summed E-state index contributed by atoms with van der Waals surface area (Å²) in [6.45, 7) is 12.3. The second-order valence-electron chi connectivity index (χ2n) is 10.4. The molecule has 1 heteroatoms. The van der Waals surface area contributed by atoms with Crippen molar-refractivity contribution in [2.75, 3.05) is 0 Å². The van der Waals surface area contributed by atoms with Gasteiger partial charge in [-0.05, 0) is 75.4 Å². The highest BCUT2D eigenvalue weighted by molar-refractivity contribution is 6.20. The lowest BCUT2D eigenvalue weighted by molar-refractivity contribution is 1.30. The Morgan fingerprint density at radius 1 is 0.643 bits per heavy atom. The van der Waals surface area contributed by atoms with Crippen LogP contribution in [0, 0.1) is 0 Å². The van der Waals surface area contributed by atoms with Crippen LogP contribution in [0.1, 0.15) is 25.0 Å². The van der Waals surface area contributed by atoms with Crippen LogP contribution >= 0.6 is 0 Å². The molecule has 0 atom stereocenters. The van der Waals surface area contributed by atoms with E-state index in [-0.39, 0.29) is 0 Å². The van der Waals surface area contributed by atoms with E-state index in [4.69, 9.17) is 4.98 Å². The summed E-state index contributed by atoms with van der Waals surface area (Å²) in [6, 6.07) is 40.9. The number of hydrogen-bond acceptors (Lipinski definition) is 1. The largest absolute Gasteiger partial charge is 0.247 e. The van der Waals surface area contributed by atoms with Crippen LogP contribution in [-0.2, 0) is 0 Å². The Balaban J connectivity index is 1.67. The van der Waals surface area contributed by atoms with Gasteiger partial charge in [-0.3, -0.25) is 0 Å². The van der Waals surface area contributed by atoms with Gasteiger partial charge in [0.2, 0.25) is 0 Å². The molecule has 0 fully saturated rings. The molecule has 0 N–H and O–H groups in total. The Bertz CT molecular complexity index is 2010. The highest BCUT2D eigenvalue weighted by Gasteiger charge is 2.18. The molecule has 0 saturated heterocycles. The van der Waals surface area contributed by atoms with Crippen LogP contribution in [0.15, 0.2) is 153 Å². The number of nitrogens with zero attached hydrogens (tertiary/aromatic N) is 1. The van der Waals surface area contributed by atoms with Crippen molar-refractivity contribution in [3.05, 3.63) is 164 Å². The fourth-order valence-corrected chi connectivity index (χ4v) is 5.95. The Kier molecular flexibility index (Phi) is 7.49. The summed E-state index contributed by atoms with van der Waals surface area (Å²) >= 11 is 0. The molecular formula is C41H33N. The fourth-order valence-electron chi connectivity index (χ4n) is 5.95. The average Bonchev–Trinajstić information content (AvgIpc) is 3.05. The predicted molar refractivity (Wildman–Crippen MR) is 183 cm³/mol. The van der Waals surface area contributed by atoms with Gasteiger partial charge in [-0.15, -0.1) is 0 Å². The molecule has 202 valence electrons. The molecule has 0 aliphatic carbocycles. The standard InChI is InChI=1S/C41H33N/c1-5-16-28(4)33-25-26-38(42-41(33)31-19-12-9-13-20-31)32-23-24-36-37(27-32)39(29(6-2)7-3)34-21-14-15-22-35(34)40(36)30-17-10-8-11-18-30/h5-27H,1-2H2,3-4H3/b28-16+,29-7+. The predicted octanol–water partition coefficient (Wildman–Crippen LogP) is 11.6. The molecule has 6 rings (SSSR count). The van der Waals surface area contributed by atoms with Crippen molar-refractivity contribution in [2.45, 2.75) is 13.8 Å². The quantitative estimate of drug-likeness (QED) is 0.145. The second-order valence-corrected chi connectivity index (χ2v) is 10.4. The summed E-state index contributed by atoms with van der Waals surface area (Å²) in [4.78, 5) is 5.27. The van der Waals surface area contributed by atoms with Crippen molar-refractivity contribution in [1.29, 1.82) is 0 Å². The third-order valence-electron chi connectivity index (χ3n) is 7.94. The molecule has 0 radical (unpaired) electrons. The highest BCUT2D eigenvalue weighted by Crippen LogP contribution is 2.43. The van der Waals surface area contributed by atoms with Crippen LogP contribution in [0.5, 0.6) is 0 Å². The molecule has 0 saturated carbocycles. The van der Waals surface area contributed by atoms with Gasteiger partial charge in [0, 0.05) is 16.7 Å². The van der Waals surface area contributed by atoms with E-state index in [1.54, 1.807) is 0 Å². The van der Waals surface area contributed by atoms with Gasteiger partial charge in [-0.1, -0.05) is 141 Å². The van der Waals surface area contributed by atoms with Crippen LogP contribution in [0.25, 0.3) is 66.3 Å². The van der Waals surface area contributed by atoms with Crippen LogP contribution in [0.4, 0.5) is 0 Å². The number of rotatable bonds is 7. The minimum absolute atomic E-state index is 0.937. The topological polar surface area (TPSA) is 12.9 Å². The number of benzene rings is 5. The maximum atomic E-state index is 5.27. The maximum Gasteiger partial charge on any atom is 0.0784 e.